The molecule has 0 N–H and O–H groups in total. The second-order valence-corrected chi connectivity index (χ2v) is 3.90. The molecule has 1 aromatic rings. The van der Waals surface area contributed by atoms with Gasteiger partial charge in [0.15, 0.2) is 11.5 Å². The number of halogens is 1. The van der Waals surface area contributed by atoms with Crippen LogP contribution in [0.2, 0.25) is 0 Å². The van der Waals surface area contributed by atoms with E-state index >= 15 is 0 Å². The summed E-state index contributed by atoms with van der Waals surface area (Å²) in [6.45, 7) is 2.02. The lowest BCUT2D eigenvalue weighted by Gasteiger charge is -2.18. The highest BCUT2D eigenvalue weighted by Crippen LogP contribution is 2.34. The molecule has 1 unspecified atom stereocenters. The molecular formula is C12H13FO2. The maximum atomic E-state index is 14.3. The van der Waals surface area contributed by atoms with Crippen molar-refractivity contribution in [3.8, 4) is 0 Å². The van der Waals surface area contributed by atoms with Gasteiger partial charge in [-0.3, -0.25) is 4.79 Å². The van der Waals surface area contributed by atoms with Crippen molar-refractivity contribution in [2.75, 3.05) is 13.2 Å². The summed E-state index contributed by atoms with van der Waals surface area (Å²) in [5, 5.41) is 0. The smallest absolute Gasteiger partial charge is 0.161 e. The molecule has 0 amide bonds. The minimum atomic E-state index is -1.41. The average Bonchev–Trinajstić information content (AvgIpc) is 2.67. The summed E-state index contributed by atoms with van der Waals surface area (Å²) in [5.41, 5.74) is -0.310. The molecule has 80 valence electrons. The third kappa shape index (κ3) is 1.92. The molecule has 1 aliphatic heterocycles. The predicted octanol–water partition coefficient (Wildman–Crippen LogP) is 2.47. The van der Waals surface area contributed by atoms with Crippen LogP contribution in [-0.4, -0.2) is 19.0 Å². The number of benzene rings is 1. The second-order valence-electron chi connectivity index (χ2n) is 3.90. The maximum absolute atomic E-state index is 14.3. The van der Waals surface area contributed by atoms with Crippen LogP contribution >= 0.6 is 0 Å². The molecule has 0 radical (unpaired) electrons. The number of alkyl halides is 1. The van der Waals surface area contributed by atoms with Crippen molar-refractivity contribution in [2.45, 2.75) is 19.0 Å². The summed E-state index contributed by atoms with van der Waals surface area (Å²) in [5.74, 6) is -0.0423. The van der Waals surface area contributed by atoms with Gasteiger partial charge in [-0.05, 0) is 18.6 Å². The quantitative estimate of drug-likeness (QED) is 0.698. The van der Waals surface area contributed by atoms with E-state index in [2.05, 4.69) is 0 Å². The number of hydrogen-bond acceptors (Lipinski definition) is 2. The van der Waals surface area contributed by atoms with E-state index in [4.69, 9.17) is 4.74 Å². The molecule has 1 heterocycles. The molecule has 1 atom stereocenters. The molecule has 2 rings (SSSR count). The number of Topliss-reactive ketones (excluding diaryl/α,β-unsaturated/α-hetero) is 1. The number of hydrogen-bond donors (Lipinski definition) is 0. The summed E-state index contributed by atoms with van der Waals surface area (Å²) < 4.78 is 19.3. The summed E-state index contributed by atoms with van der Waals surface area (Å²) >= 11 is 0. The fourth-order valence-electron chi connectivity index (χ4n) is 1.78. The molecular weight excluding hydrogens is 195 g/mol. The van der Waals surface area contributed by atoms with E-state index in [1.165, 1.54) is 6.92 Å². The molecule has 2 nitrogen and oxygen atoms in total. The van der Waals surface area contributed by atoms with Crippen molar-refractivity contribution in [3.63, 3.8) is 0 Å². The molecule has 0 aliphatic carbocycles. The lowest BCUT2D eigenvalue weighted by atomic mass is 9.93. The monoisotopic (exact) mass is 208 g/mol. The molecule has 15 heavy (non-hydrogen) atoms. The van der Waals surface area contributed by atoms with Crippen LogP contribution in [0.5, 0.6) is 0 Å². The normalized spacial score (nSPS) is 25.5. The largest absolute Gasteiger partial charge is 0.378 e. The van der Waals surface area contributed by atoms with Crippen molar-refractivity contribution >= 4 is 5.78 Å². The van der Waals surface area contributed by atoms with Gasteiger partial charge < -0.3 is 4.74 Å². The Bertz CT molecular complexity index is 381. The zero-order valence-corrected chi connectivity index (χ0v) is 8.63. The highest BCUT2D eigenvalue weighted by molar-refractivity contribution is 5.94. The Morgan fingerprint density at radius 3 is 2.93 bits per heavy atom. The molecule has 1 aromatic carbocycles. The van der Waals surface area contributed by atoms with Gasteiger partial charge in [0.25, 0.3) is 0 Å². The first-order chi connectivity index (χ1) is 7.12. The van der Waals surface area contributed by atoms with Crippen molar-refractivity contribution in [3.05, 3.63) is 35.4 Å². The molecule has 0 bridgehead atoms. The van der Waals surface area contributed by atoms with Crippen LogP contribution in [0.1, 0.15) is 29.3 Å². The van der Waals surface area contributed by atoms with Crippen LogP contribution in [0.4, 0.5) is 4.39 Å². The molecule has 1 saturated heterocycles. The van der Waals surface area contributed by atoms with E-state index < -0.39 is 5.67 Å². The Balaban J connectivity index is 2.36. The Labute approximate surface area is 88.1 Å². The van der Waals surface area contributed by atoms with Crippen LogP contribution in [-0.2, 0) is 10.4 Å². The van der Waals surface area contributed by atoms with E-state index in [-0.39, 0.29) is 12.4 Å². The summed E-state index contributed by atoms with van der Waals surface area (Å²) in [6, 6.07) is 6.74. The summed E-state index contributed by atoms with van der Waals surface area (Å²) in [6.07, 6.45) is 0.369. The third-order valence-corrected chi connectivity index (χ3v) is 2.76. The molecule has 1 fully saturated rings. The van der Waals surface area contributed by atoms with Gasteiger partial charge in [-0.25, -0.2) is 4.39 Å². The zero-order chi connectivity index (χ0) is 10.9. The van der Waals surface area contributed by atoms with E-state index in [0.717, 1.165) is 0 Å². The molecule has 0 spiro atoms. The van der Waals surface area contributed by atoms with Crippen molar-refractivity contribution in [2.24, 2.45) is 0 Å². The lowest BCUT2D eigenvalue weighted by molar-refractivity contribution is 0.101. The van der Waals surface area contributed by atoms with Crippen LogP contribution in [0, 0.1) is 0 Å². The highest BCUT2D eigenvalue weighted by Gasteiger charge is 2.36. The number of ketones is 1. The fraction of sp³-hybridized carbons (Fsp3) is 0.417. The van der Waals surface area contributed by atoms with Gasteiger partial charge in [0.1, 0.15) is 0 Å². The lowest BCUT2D eigenvalue weighted by Crippen LogP contribution is -2.20. The first kappa shape index (κ1) is 10.3. The predicted molar refractivity (Wildman–Crippen MR) is 54.7 cm³/mol. The minimum absolute atomic E-state index is 0.0423. The zero-order valence-electron chi connectivity index (χ0n) is 8.63. The molecule has 1 aliphatic rings. The first-order valence-electron chi connectivity index (χ1n) is 5.00. The Hall–Kier alpha value is -1.22. The van der Waals surface area contributed by atoms with Gasteiger partial charge in [-0.1, -0.05) is 18.2 Å². The van der Waals surface area contributed by atoms with Gasteiger partial charge in [-0.2, -0.15) is 0 Å². The SMILES string of the molecule is CC(=O)c1cccc(C2(F)CCOC2)c1. The Morgan fingerprint density at radius 2 is 2.33 bits per heavy atom. The fourth-order valence-corrected chi connectivity index (χ4v) is 1.78. The number of rotatable bonds is 2. The van der Waals surface area contributed by atoms with Gasteiger partial charge >= 0.3 is 0 Å². The van der Waals surface area contributed by atoms with Gasteiger partial charge in [0, 0.05) is 12.0 Å². The summed E-state index contributed by atoms with van der Waals surface area (Å²) in [7, 11) is 0. The van der Waals surface area contributed by atoms with Crippen LogP contribution < -0.4 is 0 Å². The van der Waals surface area contributed by atoms with Crippen molar-refractivity contribution < 1.29 is 13.9 Å². The first-order valence-corrected chi connectivity index (χ1v) is 5.00. The van der Waals surface area contributed by atoms with Crippen molar-refractivity contribution in [1.29, 1.82) is 0 Å². The standard InChI is InChI=1S/C12H13FO2/c1-9(14)10-3-2-4-11(7-10)12(13)5-6-15-8-12/h2-4,7H,5-6,8H2,1H3. The molecule has 3 heteroatoms. The van der Waals surface area contributed by atoms with Crippen molar-refractivity contribution in [1.82, 2.24) is 0 Å². The number of carbonyl (C=O) groups excluding carboxylic acids is 1. The molecule has 0 aromatic heterocycles. The highest BCUT2D eigenvalue weighted by atomic mass is 19.1. The van der Waals surface area contributed by atoms with Crippen LogP contribution in [0.15, 0.2) is 24.3 Å². The van der Waals surface area contributed by atoms with Gasteiger partial charge in [-0.15, -0.1) is 0 Å². The third-order valence-electron chi connectivity index (χ3n) is 2.76. The van der Waals surface area contributed by atoms with Gasteiger partial charge in [0.05, 0.1) is 13.2 Å². The summed E-state index contributed by atoms with van der Waals surface area (Å²) in [4.78, 5) is 11.2. The number of carbonyl (C=O) groups is 1. The minimum Gasteiger partial charge on any atom is -0.378 e. The van der Waals surface area contributed by atoms with E-state index in [9.17, 15) is 9.18 Å². The van der Waals surface area contributed by atoms with E-state index in [1.54, 1.807) is 24.3 Å². The Kier molecular flexibility index (Phi) is 2.57. The Morgan fingerprint density at radius 1 is 1.53 bits per heavy atom. The second kappa shape index (κ2) is 3.74. The topological polar surface area (TPSA) is 26.3 Å². The van der Waals surface area contributed by atoms with Crippen LogP contribution in [0.3, 0.4) is 0 Å². The number of ether oxygens (including phenoxy) is 1. The maximum Gasteiger partial charge on any atom is 0.161 e. The van der Waals surface area contributed by atoms with Gasteiger partial charge in [0.2, 0.25) is 0 Å². The van der Waals surface area contributed by atoms with E-state index in [0.29, 0.717) is 24.2 Å². The van der Waals surface area contributed by atoms with Crippen LogP contribution in [0.25, 0.3) is 0 Å². The van der Waals surface area contributed by atoms with E-state index in [1.807, 2.05) is 0 Å². The average molecular weight is 208 g/mol. The molecule has 0 saturated carbocycles.